The Hall–Kier alpha value is -5.20. The van der Waals surface area contributed by atoms with Gasteiger partial charge in [0.2, 0.25) is 11.8 Å². The van der Waals surface area contributed by atoms with Gasteiger partial charge in [-0.1, -0.05) is 30.3 Å². The summed E-state index contributed by atoms with van der Waals surface area (Å²) in [5.41, 5.74) is 2.90. The number of rotatable bonds is 8. The monoisotopic (exact) mass is 691 g/mol. The number of halogens is 6. The maximum atomic E-state index is 13.1. The summed E-state index contributed by atoms with van der Waals surface area (Å²) in [6.07, 6.45) is -5.45. The summed E-state index contributed by atoms with van der Waals surface area (Å²) in [4.78, 5) is 63.9. The Kier molecular flexibility index (Phi) is 13.9. The van der Waals surface area contributed by atoms with E-state index in [9.17, 15) is 45.8 Å². The molecule has 0 spiro atoms. The van der Waals surface area contributed by atoms with Gasteiger partial charge in [0.25, 0.3) is 0 Å². The predicted octanol–water partition coefficient (Wildman–Crippen LogP) is 3.28. The van der Waals surface area contributed by atoms with Gasteiger partial charge >= 0.3 is 30.3 Å². The molecule has 1 aliphatic heterocycles. The lowest BCUT2D eigenvalue weighted by Gasteiger charge is -2.38. The van der Waals surface area contributed by atoms with Crippen molar-refractivity contribution < 1.29 is 65.6 Å². The van der Waals surface area contributed by atoms with E-state index in [1.807, 2.05) is 42.5 Å². The van der Waals surface area contributed by atoms with Gasteiger partial charge in [0.15, 0.2) is 0 Å². The van der Waals surface area contributed by atoms with E-state index < -0.39 is 42.3 Å². The minimum atomic E-state index is -5.08. The van der Waals surface area contributed by atoms with Crippen LogP contribution in [0, 0.1) is 0 Å². The molecule has 3 aromatic rings. The normalized spacial score (nSPS) is 17.1. The molecule has 0 unspecified atom stereocenters. The molecular formula is C29H31F6N5O8. The number of benzene rings is 1. The Labute approximate surface area is 267 Å². The van der Waals surface area contributed by atoms with E-state index >= 15 is 0 Å². The van der Waals surface area contributed by atoms with Gasteiger partial charge in [-0.15, -0.1) is 0 Å². The molecule has 6 N–H and O–H groups in total. The number of hydrogen-bond donors (Lipinski definition) is 6. The second-order valence-electron chi connectivity index (χ2n) is 10.3. The highest BCUT2D eigenvalue weighted by Gasteiger charge is 2.39. The molecule has 4 rings (SSSR count). The van der Waals surface area contributed by atoms with Crippen molar-refractivity contribution in [2.75, 3.05) is 13.1 Å². The topological polar surface area (TPSA) is 202 Å². The van der Waals surface area contributed by atoms with Crippen LogP contribution in [0.4, 0.5) is 26.3 Å². The average molecular weight is 692 g/mol. The lowest BCUT2D eigenvalue weighted by Crippen LogP contribution is -2.55. The number of carbonyl (C=O) groups excluding carboxylic acids is 2. The average Bonchev–Trinajstić information content (AvgIpc) is 3.43. The minimum absolute atomic E-state index is 0.155. The van der Waals surface area contributed by atoms with Crippen molar-refractivity contribution in [3.05, 3.63) is 66.1 Å². The van der Waals surface area contributed by atoms with E-state index in [-0.39, 0.29) is 24.3 Å². The number of nitrogens with zero attached hydrogens (tertiary/aromatic N) is 2. The fourth-order valence-corrected chi connectivity index (χ4v) is 4.52. The first-order valence-corrected chi connectivity index (χ1v) is 13.9. The third kappa shape index (κ3) is 12.5. The quantitative estimate of drug-likeness (QED) is 0.190. The van der Waals surface area contributed by atoms with Crippen molar-refractivity contribution in [1.29, 1.82) is 0 Å². The van der Waals surface area contributed by atoms with Crippen molar-refractivity contribution in [2.45, 2.75) is 56.7 Å². The predicted molar refractivity (Wildman–Crippen MR) is 154 cm³/mol. The van der Waals surface area contributed by atoms with Crippen molar-refractivity contribution in [3.8, 4) is 0 Å². The van der Waals surface area contributed by atoms with Gasteiger partial charge in [0, 0.05) is 35.5 Å². The smallest absolute Gasteiger partial charge is 0.480 e. The zero-order chi connectivity index (χ0) is 36.2. The van der Waals surface area contributed by atoms with Crippen LogP contribution < -0.4 is 10.6 Å². The molecule has 3 atom stereocenters. The number of carbonyl (C=O) groups is 5. The van der Waals surface area contributed by atoms with Crippen LogP contribution >= 0.6 is 0 Å². The second-order valence-corrected chi connectivity index (χ2v) is 10.3. The SMILES string of the molecule is C[C@@H](NC(=O)[C@H]1C[C@@H](c2ccccc2)CCN1CC(=O)O)C(=O)NCc1cc2cnccc2[nH]1.O=C(O)C(F)(F)F.O=C(O)C(F)(F)F. The van der Waals surface area contributed by atoms with Crippen LogP contribution in [-0.4, -0.2) is 97.4 Å². The van der Waals surface area contributed by atoms with Gasteiger partial charge in [-0.25, -0.2) is 9.59 Å². The van der Waals surface area contributed by atoms with Crippen molar-refractivity contribution in [1.82, 2.24) is 25.5 Å². The molecular weight excluding hydrogens is 660 g/mol. The minimum Gasteiger partial charge on any atom is -0.480 e. The van der Waals surface area contributed by atoms with Gasteiger partial charge in [0.05, 0.1) is 19.1 Å². The van der Waals surface area contributed by atoms with Crippen LogP contribution in [0.2, 0.25) is 0 Å². The molecule has 48 heavy (non-hydrogen) atoms. The molecule has 0 saturated carbocycles. The fourth-order valence-electron chi connectivity index (χ4n) is 4.52. The number of carboxylic acids is 3. The number of carboxylic acid groups (broad SMARTS) is 3. The zero-order valence-corrected chi connectivity index (χ0v) is 25.0. The van der Waals surface area contributed by atoms with Crippen LogP contribution in [0.5, 0.6) is 0 Å². The van der Waals surface area contributed by atoms with E-state index in [0.717, 1.165) is 28.6 Å². The van der Waals surface area contributed by atoms with Gasteiger partial charge in [-0.3, -0.25) is 24.3 Å². The molecule has 2 aromatic heterocycles. The molecule has 0 radical (unpaired) electrons. The third-order valence-electron chi connectivity index (χ3n) is 6.79. The van der Waals surface area contributed by atoms with E-state index in [0.29, 0.717) is 19.5 Å². The van der Waals surface area contributed by atoms with Crippen molar-refractivity contribution in [3.63, 3.8) is 0 Å². The molecule has 13 nitrogen and oxygen atoms in total. The summed E-state index contributed by atoms with van der Waals surface area (Å²) in [5, 5.41) is 30.1. The van der Waals surface area contributed by atoms with Crippen LogP contribution in [0.25, 0.3) is 10.9 Å². The molecule has 0 aliphatic carbocycles. The number of aliphatic carboxylic acids is 3. The summed E-state index contributed by atoms with van der Waals surface area (Å²) >= 11 is 0. The summed E-state index contributed by atoms with van der Waals surface area (Å²) in [5.74, 6) is -6.98. The number of aromatic nitrogens is 2. The molecule has 1 saturated heterocycles. The second kappa shape index (κ2) is 17.1. The number of amides is 2. The number of likely N-dealkylation sites (tertiary alicyclic amines) is 1. The number of hydrogen-bond acceptors (Lipinski definition) is 7. The molecule has 262 valence electrons. The van der Waals surface area contributed by atoms with Gasteiger partial charge in [-0.05, 0) is 43.4 Å². The maximum absolute atomic E-state index is 13.1. The molecule has 1 aromatic carbocycles. The Bertz CT molecular complexity index is 1510. The number of aromatic amines is 1. The van der Waals surface area contributed by atoms with Gasteiger partial charge in [-0.2, -0.15) is 26.3 Å². The van der Waals surface area contributed by atoms with E-state index in [4.69, 9.17) is 19.8 Å². The summed E-state index contributed by atoms with van der Waals surface area (Å²) in [6, 6.07) is 12.3. The van der Waals surface area contributed by atoms with Crippen LogP contribution in [0.15, 0.2) is 54.9 Å². The number of nitrogens with one attached hydrogen (secondary N) is 3. The summed E-state index contributed by atoms with van der Waals surface area (Å²) < 4.78 is 63.5. The number of alkyl halides is 6. The first-order valence-electron chi connectivity index (χ1n) is 13.9. The van der Waals surface area contributed by atoms with Crippen LogP contribution in [0.1, 0.15) is 36.9 Å². The lowest BCUT2D eigenvalue weighted by atomic mass is 9.85. The largest absolute Gasteiger partial charge is 0.490 e. The summed E-state index contributed by atoms with van der Waals surface area (Å²) in [6.45, 7) is 2.20. The molecule has 2 amide bonds. The highest BCUT2D eigenvalue weighted by atomic mass is 19.4. The number of piperidine rings is 1. The molecule has 0 bridgehead atoms. The molecule has 1 aliphatic rings. The van der Waals surface area contributed by atoms with E-state index in [1.54, 1.807) is 24.2 Å². The zero-order valence-electron chi connectivity index (χ0n) is 25.0. The maximum Gasteiger partial charge on any atom is 0.490 e. The Morgan fingerprint density at radius 2 is 1.56 bits per heavy atom. The summed E-state index contributed by atoms with van der Waals surface area (Å²) in [7, 11) is 0. The first-order chi connectivity index (χ1) is 22.3. The van der Waals surface area contributed by atoms with E-state index in [1.165, 1.54) is 0 Å². The highest BCUT2D eigenvalue weighted by molar-refractivity contribution is 5.90. The molecule has 1 fully saturated rings. The number of pyridine rings is 1. The molecule has 19 heteroatoms. The third-order valence-corrected chi connectivity index (χ3v) is 6.79. The highest BCUT2D eigenvalue weighted by Crippen LogP contribution is 2.31. The number of fused-ring (bicyclic) bond motifs is 1. The fraction of sp³-hybridized carbons (Fsp3) is 0.379. The first kappa shape index (κ1) is 39.0. The Morgan fingerprint density at radius 1 is 0.979 bits per heavy atom. The van der Waals surface area contributed by atoms with Gasteiger partial charge < -0.3 is 30.9 Å². The standard InChI is InChI=1S/C25H29N5O4.2C2HF3O2/c1-16(24(33)27-14-20-11-19-13-26-9-7-21(19)29-20)28-25(34)22-12-18(17-5-3-2-4-6-17)8-10-30(22)15-23(31)32;2*3-2(4,5)1(6)7/h2-7,9,11,13,16,18,22,29H,8,10,12,14-15H2,1H3,(H,27,33)(H,28,34)(H,31,32);2*(H,6,7)/t16-,18+,22-;;/m1../s1. The van der Waals surface area contributed by atoms with Crippen molar-refractivity contribution in [2.24, 2.45) is 0 Å². The molecule has 3 heterocycles. The van der Waals surface area contributed by atoms with Crippen LogP contribution in [-0.2, 0) is 30.5 Å². The Morgan fingerprint density at radius 3 is 2.08 bits per heavy atom. The number of H-pyrrole nitrogens is 1. The van der Waals surface area contributed by atoms with Crippen LogP contribution in [0.3, 0.4) is 0 Å². The lowest BCUT2D eigenvalue weighted by molar-refractivity contribution is -0.193. The van der Waals surface area contributed by atoms with Crippen molar-refractivity contribution >= 4 is 40.6 Å². The Balaban J connectivity index is 0.000000479. The van der Waals surface area contributed by atoms with Gasteiger partial charge in [0.1, 0.15) is 6.04 Å². The van der Waals surface area contributed by atoms with E-state index in [2.05, 4.69) is 20.6 Å².